The third-order valence-electron chi connectivity index (χ3n) is 3.93. The summed E-state index contributed by atoms with van der Waals surface area (Å²) < 4.78 is 10.9. The summed E-state index contributed by atoms with van der Waals surface area (Å²) in [7, 11) is 0. The number of nitrogens with one attached hydrogen (secondary N) is 1. The highest BCUT2D eigenvalue weighted by molar-refractivity contribution is 7.09. The molecular weight excluding hydrogens is 312 g/mol. The summed E-state index contributed by atoms with van der Waals surface area (Å²) in [5, 5.41) is 5.05. The first-order valence-corrected chi connectivity index (χ1v) is 8.88. The zero-order valence-corrected chi connectivity index (χ0v) is 13.9. The van der Waals surface area contributed by atoms with Crippen molar-refractivity contribution in [2.24, 2.45) is 0 Å². The quantitative estimate of drug-likeness (QED) is 0.845. The maximum Gasteiger partial charge on any atom is 0.317 e. The van der Waals surface area contributed by atoms with Crippen LogP contribution in [0.2, 0.25) is 0 Å². The van der Waals surface area contributed by atoms with Gasteiger partial charge in [-0.25, -0.2) is 4.79 Å². The van der Waals surface area contributed by atoms with Gasteiger partial charge in [0.25, 0.3) is 0 Å². The van der Waals surface area contributed by atoms with Gasteiger partial charge < -0.3 is 19.4 Å². The van der Waals surface area contributed by atoms with Crippen molar-refractivity contribution in [2.45, 2.75) is 31.9 Å². The number of rotatable bonds is 7. The van der Waals surface area contributed by atoms with E-state index in [1.54, 1.807) is 22.5 Å². The molecule has 0 aromatic carbocycles. The van der Waals surface area contributed by atoms with Crippen LogP contribution in [0, 0.1) is 0 Å². The van der Waals surface area contributed by atoms with Gasteiger partial charge in [0.1, 0.15) is 5.76 Å². The van der Waals surface area contributed by atoms with Crippen LogP contribution in [0.3, 0.4) is 0 Å². The molecule has 1 fully saturated rings. The molecule has 1 saturated heterocycles. The number of thiophene rings is 1. The molecule has 0 aliphatic carbocycles. The van der Waals surface area contributed by atoms with Gasteiger partial charge in [-0.2, -0.15) is 0 Å². The van der Waals surface area contributed by atoms with E-state index >= 15 is 0 Å². The van der Waals surface area contributed by atoms with E-state index in [0.29, 0.717) is 19.6 Å². The third kappa shape index (κ3) is 4.84. The molecule has 0 spiro atoms. The van der Waals surface area contributed by atoms with E-state index in [-0.39, 0.29) is 12.1 Å². The lowest BCUT2D eigenvalue weighted by Gasteiger charge is -2.23. The fraction of sp³-hybridized carbons (Fsp3) is 0.471. The first-order valence-electron chi connectivity index (χ1n) is 8.00. The van der Waals surface area contributed by atoms with Crippen LogP contribution < -0.4 is 5.32 Å². The Morgan fingerprint density at radius 3 is 3.04 bits per heavy atom. The number of nitrogens with zero attached hydrogens (tertiary/aromatic N) is 1. The van der Waals surface area contributed by atoms with Gasteiger partial charge in [-0.05, 0) is 42.8 Å². The molecule has 2 aromatic heterocycles. The molecule has 3 heterocycles. The molecule has 5 nitrogen and oxygen atoms in total. The molecule has 0 bridgehead atoms. The maximum absolute atomic E-state index is 12.5. The van der Waals surface area contributed by atoms with Crippen molar-refractivity contribution in [3.63, 3.8) is 0 Å². The van der Waals surface area contributed by atoms with E-state index in [1.165, 1.54) is 4.88 Å². The average Bonchev–Trinajstić information content (AvgIpc) is 3.32. The minimum absolute atomic E-state index is 0.0616. The van der Waals surface area contributed by atoms with Crippen LogP contribution >= 0.6 is 11.3 Å². The summed E-state index contributed by atoms with van der Waals surface area (Å²) in [5.41, 5.74) is 0. The molecule has 1 N–H and O–H groups in total. The third-order valence-corrected chi connectivity index (χ3v) is 4.86. The van der Waals surface area contributed by atoms with Gasteiger partial charge in [0, 0.05) is 24.6 Å². The Balaban J connectivity index is 1.55. The van der Waals surface area contributed by atoms with Gasteiger partial charge >= 0.3 is 6.03 Å². The van der Waals surface area contributed by atoms with Gasteiger partial charge in [-0.15, -0.1) is 11.3 Å². The zero-order valence-electron chi connectivity index (χ0n) is 13.1. The number of furan rings is 1. The molecule has 3 rings (SSSR count). The highest BCUT2D eigenvalue weighted by Gasteiger charge is 2.19. The summed E-state index contributed by atoms with van der Waals surface area (Å²) in [5.74, 6) is 0.795. The summed E-state index contributed by atoms with van der Waals surface area (Å²) in [6, 6.07) is 7.81. The Morgan fingerprint density at radius 2 is 2.35 bits per heavy atom. The predicted molar refractivity (Wildman–Crippen MR) is 89.5 cm³/mol. The fourth-order valence-electron chi connectivity index (χ4n) is 2.66. The lowest BCUT2D eigenvalue weighted by molar-refractivity contribution is 0.108. The molecular formula is C17H22N2O3S. The number of hydrogen-bond acceptors (Lipinski definition) is 4. The lowest BCUT2D eigenvalue weighted by Crippen LogP contribution is -2.43. The predicted octanol–water partition coefficient (Wildman–Crippen LogP) is 3.27. The molecule has 1 atom stereocenters. The Bertz CT molecular complexity index is 577. The van der Waals surface area contributed by atoms with Gasteiger partial charge in [0.2, 0.25) is 0 Å². The fourth-order valence-corrected chi connectivity index (χ4v) is 3.36. The van der Waals surface area contributed by atoms with Crippen molar-refractivity contribution in [3.05, 3.63) is 46.5 Å². The Morgan fingerprint density at radius 1 is 1.39 bits per heavy atom. The van der Waals surface area contributed by atoms with Crippen molar-refractivity contribution in [1.29, 1.82) is 0 Å². The maximum atomic E-state index is 12.5. The summed E-state index contributed by atoms with van der Waals surface area (Å²) in [6.45, 7) is 2.52. The number of amides is 2. The van der Waals surface area contributed by atoms with E-state index in [2.05, 4.69) is 16.8 Å². The SMILES string of the molecule is O=C(NC[C@@H]1CCCO1)N(CCc1cccs1)Cc1ccco1. The molecule has 1 aliphatic heterocycles. The largest absolute Gasteiger partial charge is 0.467 e. The second kappa shape index (κ2) is 8.17. The van der Waals surface area contributed by atoms with Gasteiger partial charge in [0.15, 0.2) is 0 Å². The molecule has 0 saturated carbocycles. The molecule has 2 aromatic rings. The zero-order chi connectivity index (χ0) is 15.9. The Kier molecular flexibility index (Phi) is 5.71. The van der Waals surface area contributed by atoms with E-state index in [1.807, 2.05) is 18.2 Å². The summed E-state index contributed by atoms with van der Waals surface area (Å²) in [6.07, 6.45) is 4.74. The summed E-state index contributed by atoms with van der Waals surface area (Å²) >= 11 is 1.72. The van der Waals surface area contributed by atoms with Gasteiger partial charge in [-0.3, -0.25) is 0 Å². The van der Waals surface area contributed by atoms with Crippen molar-refractivity contribution in [2.75, 3.05) is 19.7 Å². The average molecular weight is 334 g/mol. The second-order valence-electron chi connectivity index (χ2n) is 5.65. The number of urea groups is 1. The minimum Gasteiger partial charge on any atom is -0.467 e. The Labute approximate surface area is 140 Å². The van der Waals surface area contributed by atoms with Crippen LogP contribution in [0.4, 0.5) is 4.79 Å². The van der Waals surface area contributed by atoms with Crippen molar-refractivity contribution in [3.8, 4) is 0 Å². The molecule has 6 heteroatoms. The number of carbonyl (C=O) groups excluding carboxylic acids is 1. The van der Waals surface area contributed by atoms with Crippen LogP contribution in [-0.2, 0) is 17.7 Å². The van der Waals surface area contributed by atoms with Crippen LogP contribution in [-0.4, -0.2) is 36.7 Å². The van der Waals surface area contributed by atoms with E-state index in [4.69, 9.17) is 9.15 Å². The topological polar surface area (TPSA) is 54.7 Å². The molecule has 124 valence electrons. The first kappa shape index (κ1) is 16.1. The molecule has 2 amide bonds. The standard InChI is InChI=1S/C17H22N2O3S/c20-17(18-12-14-4-1-9-21-14)19(13-15-5-2-10-22-15)8-7-16-6-3-11-23-16/h2-3,5-6,10-11,14H,1,4,7-9,12-13H2,(H,18,20)/t14-/m0/s1. The summed E-state index contributed by atoms with van der Waals surface area (Å²) in [4.78, 5) is 15.6. The molecule has 1 aliphatic rings. The van der Waals surface area contributed by atoms with Crippen molar-refractivity contribution >= 4 is 17.4 Å². The van der Waals surface area contributed by atoms with Crippen LogP contribution in [0.1, 0.15) is 23.5 Å². The number of ether oxygens (including phenoxy) is 1. The van der Waals surface area contributed by atoms with Crippen LogP contribution in [0.15, 0.2) is 40.3 Å². The van der Waals surface area contributed by atoms with E-state index in [9.17, 15) is 4.79 Å². The van der Waals surface area contributed by atoms with Gasteiger partial charge in [-0.1, -0.05) is 6.07 Å². The molecule has 0 radical (unpaired) electrons. The highest BCUT2D eigenvalue weighted by Crippen LogP contribution is 2.13. The number of carbonyl (C=O) groups is 1. The molecule has 0 unspecified atom stereocenters. The van der Waals surface area contributed by atoms with Crippen LogP contribution in [0.25, 0.3) is 0 Å². The first-order chi connectivity index (χ1) is 11.3. The van der Waals surface area contributed by atoms with Crippen molar-refractivity contribution < 1.29 is 13.9 Å². The van der Waals surface area contributed by atoms with Crippen LogP contribution in [0.5, 0.6) is 0 Å². The molecule has 23 heavy (non-hydrogen) atoms. The normalized spacial score (nSPS) is 17.3. The monoisotopic (exact) mass is 334 g/mol. The number of hydrogen-bond donors (Lipinski definition) is 1. The van der Waals surface area contributed by atoms with Crippen molar-refractivity contribution in [1.82, 2.24) is 10.2 Å². The van der Waals surface area contributed by atoms with E-state index < -0.39 is 0 Å². The second-order valence-corrected chi connectivity index (χ2v) is 6.68. The minimum atomic E-state index is -0.0616. The van der Waals surface area contributed by atoms with Gasteiger partial charge in [0.05, 0.1) is 18.9 Å². The highest BCUT2D eigenvalue weighted by atomic mass is 32.1. The smallest absolute Gasteiger partial charge is 0.317 e. The Hall–Kier alpha value is -1.79. The van der Waals surface area contributed by atoms with E-state index in [0.717, 1.165) is 31.6 Å². The lowest BCUT2D eigenvalue weighted by atomic mass is 10.2.